The van der Waals surface area contributed by atoms with Crippen LogP contribution in [-0.2, 0) is 0 Å². The topological polar surface area (TPSA) is 51.1 Å². The fourth-order valence-corrected chi connectivity index (χ4v) is 3.68. The molecule has 0 unspecified atom stereocenters. The summed E-state index contributed by atoms with van der Waals surface area (Å²) < 4.78 is 14.0. The van der Waals surface area contributed by atoms with Crippen molar-refractivity contribution < 1.29 is 9.50 Å². The number of hydrogen-bond acceptors (Lipinski definition) is 3. The number of halogens is 1. The number of aliphatic hydroxyl groups excluding tert-OH is 1. The van der Waals surface area contributed by atoms with Gasteiger partial charge in [0.25, 0.3) is 0 Å². The Morgan fingerprint density at radius 1 is 1.15 bits per heavy atom. The van der Waals surface area contributed by atoms with Crippen molar-refractivity contribution in [2.24, 2.45) is 10.4 Å². The number of piperazine rings is 1. The molecule has 27 heavy (non-hydrogen) atoms. The summed E-state index contributed by atoms with van der Waals surface area (Å²) in [6.07, 6.45) is 2.80. The second kappa shape index (κ2) is 10.5. The predicted octanol–water partition coefficient (Wildman–Crippen LogP) is 3.10. The molecule has 5 nitrogen and oxygen atoms in total. The van der Waals surface area contributed by atoms with E-state index in [1.807, 2.05) is 12.1 Å². The van der Waals surface area contributed by atoms with Gasteiger partial charge in [-0.1, -0.05) is 26.0 Å². The maximum absolute atomic E-state index is 14.0. The van der Waals surface area contributed by atoms with Crippen molar-refractivity contribution in [2.75, 3.05) is 50.8 Å². The van der Waals surface area contributed by atoms with Crippen molar-refractivity contribution in [3.63, 3.8) is 0 Å². The zero-order valence-electron chi connectivity index (χ0n) is 17.0. The Hall–Kier alpha value is -1.82. The minimum Gasteiger partial charge on any atom is -0.396 e. The van der Waals surface area contributed by atoms with Gasteiger partial charge in [-0.15, -0.1) is 0 Å². The lowest BCUT2D eigenvalue weighted by molar-refractivity contribution is 0.175. The molecule has 0 aromatic heterocycles. The number of guanidine groups is 1. The number of rotatable bonds is 8. The Kier molecular flexibility index (Phi) is 8.35. The second-order valence-corrected chi connectivity index (χ2v) is 7.28. The minimum absolute atomic E-state index is 0.0599. The van der Waals surface area contributed by atoms with E-state index in [2.05, 4.69) is 35.9 Å². The van der Waals surface area contributed by atoms with E-state index in [0.29, 0.717) is 5.69 Å². The number of nitrogens with zero attached hydrogens (tertiary/aromatic N) is 3. The van der Waals surface area contributed by atoms with Crippen LogP contribution in [0.25, 0.3) is 0 Å². The maximum atomic E-state index is 14.0. The number of aliphatic hydroxyl groups is 1. The van der Waals surface area contributed by atoms with Crippen molar-refractivity contribution in [2.45, 2.75) is 40.0 Å². The lowest BCUT2D eigenvalue weighted by Crippen LogP contribution is -2.53. The molecule has 0 radical (unpaired) electrons. The number of benzene rings is 1. The molecule has 0 spiro atoms. The molecule has 0 atom stereocenters. The molecule has 6 heteroatoms. The fourth-order valence-electron chi connectivity index (χ4n) is 3.68. The Bertz CT molecular complexity index is 596. The molecule has 1 fully saturated rings. The summed E-state index contributed by atoms with van der Waals surface area (Å²) >= 11 is 0. The molecule has 2 rings (SSSR count). The van der Waals surface area contributed by atoms with Crippen LogP contribution in [0.4, 0.5) is 10.1 Å². The predicted molar refractivity (Wildman–Crippen MR) is 111 cm³/mol. The third-order valence-electron chi connectivity index (χ3n) is 5.81. The third kappa shape index (κ3) is 5.58. The Balaban J connectivity index is 2.04. The van der Waals surface area contributed by atoms with Crippen molar-refractivity contribution in [1.82, 2.24) is 10.2 Å². The molecular weight excluding hydrogens is 343 g/mol. The van der Waals surface area contributed by atoms with E-state index in [4.69, 9.17) is 4.99 Å². The largest absolute Gasteiger partial charge is 0.396 e. The molecule has 2 N–H and O–H groups in total. The van der Waals surface area contributed by atoms with Gasteiger partial charge in [-0.25, -0.2) is 4.39 Å². The van der Waals surface area contributed by atoms with Crippen LogP contribution in [0.5, 0.6) is 0 Å². The number of anilines is 1. The van der Waals surface area contributed by atoms with E-state index in [9.17, 15) is 9.50 Å². The van der Waals surface area contributed by atoms with Crippen LogP contribution >= 0.6 is 0 Å². The quantitative estimate of drug-likeness (QED) is 0.539. The van der Waals surface area contributed by atoms with Crippen LogP contribution in [0.1, 0.15) is 40.0 Å². The van der Waals surface area contributed by atoms with Crippen LogP contribution in [0.15, 0.2) is 29.3 Å². The van der Waals surface area contributed by atoms with Crippen LogP contribution in [0, 0.1) is 11.2 Å². The standard InChI is InChI=1S/C21H35FN4O/c1-4-21(5-2,11-16-27)17-24-20(23-6-3)26-14-12-25(13-15-26)19-10-8-7-9-18(19)22/h7-10,27H,4-6,11-17H2,1-3H3,(H,23,24). The SMILES string of the molecule is CCNC(=NCC(CC)(CC)CCO)N1CCN(c2ccccc2F)CC1. The number of aliphatic imine (C=N–C) groups is 1. The van der Waals surface area contributed by atoms with Gasteiger partial charge in [0, 0.05) is 45.9 Å². The molecule has 0 aliphatic carbocycles. The van der Waals surface area contributed by atoms with Crippen LogP contribution in [0.3, 0.4) is 0 Å². The van der Waals surface area contributed by atoms with Gasteiger partial charge >= 0.3 is 0 Å². The molecule has 1 aliphatic heterocycles. The normalized spacial score (nSPS) is 16.0. The van der Waals surface area contributed by atoms with Gasteiger partial charge in [-0.2, -0.15) is 0 Å². The first-order valence-electron chi connectivity index (χ1n) is 10.2. The summed E-state index contributed by atoms with van der Waals surface area (Å²) in [5, 5.41) is 12.8. The minimum atomic E-state index is -0.161. The van der Waals surface area contributed by atoms with E-state index in [1.165, 1.54) is 6.07 Å². The first-order valence-corrected chi connectivity index (χ1v) is 10.2. The van der Waals surface area contributed by atoms with Crippen molar-refractivity contribution in [1.29, 1.82) is 0 Å². The van der Waals surface area contributed by atoms with E-state index < -0.39 is 0 Å². The molecule has 1 saturated heterocycles. The fraction of sp³-hybridized carbons (Fsp3) is 0.667. The van der Waals surface area contributed by atoms with Gasteiger partial charge in [0.15, 0.2) is 5.96 Å². The molecule has 152 valence electrons. The number of nitrogens with one attached hydrogen (secondary N) is 1. The highest BCUT2D eigenvalue weighted by molar-refractivity contribution is 5.80. The van der Waals surface area contributed by atoms with E-state index in [-0.39, 0.29) is 17.8 Å². The first kappa shape index (κ1) is 21.5. The summed E-state index contributed by atoms with van der Waals surface area (Å²) in [7, 11) is 0. The highest BCUT2D eigenvalue weighted by Gasteiger charge is 2.27. The van der Waals surface area contributed by atoms with Gasteiger partial charge in [0.05, 0.1) is 5.69 Å². The lowest BCUT2D eigenvalue weighted by atomic mass is 9.79. The molecule has 0 saturated carbocycles. The highest BCUT2D eigenvalue weighted by Crippen LogP contribution is 2.30. The van der Waals surface area contributed by atoms with Crippen molar-refractivity contribution >= 4 is 11.6 Å². The van der Waals surface area contributed by atoms with Crippen LogP contribution in [0.2, 0.25) is 0 Å². The van der Waals surface area contributed by atoms with E-state index >= 15 is 0 Å². The molecule has 1 aromatic carbocycles. The molecule has 0 bridgehead atoms. The molecule has 1 aliphatic rings. The summed E-state index contributed by atoms with van der Waals surface area (Å²) in [4.78, 5) is 9.27. The zero-order valence-corrected chi connectivity index (χ0v) is 17.0. The van der Waals surface area contributed by atoms with Gasteiger partial charge in [-0.3, -0.25) is 4.99 Å². The zero-order chi connectivity index (χ0) is 19.7. The average molecular weight is 379 g/mol. The van der Waals surface area contributed by atoms with Crippen LogP contribution < -0.4 is 10.2 Å². The molecule has 1 heterocycles. The molecule has 0 amide bonds. The molecular formula is C21H35FN4O. The molecule has 1 aromatic rings. The van der Waals surface area contributed by atoms with Crippen molar-refractivity contribution in [3.05, 3.63) is 30.1 Å². The summed E-state index contributed by atoms with van der Waals surface area (Å²) in [6, 6.07) is 6.97. The van der Waals surface area contributed by atoms with Gasteiger partial charge in [0.2, 0.25) is 0 Å². The first-order chi connectivity index (χ1) is 13.1. The van der Waals surface area contributed by atoms with Gasteiger partial charge in [-0.05, 0) is 43.7 Å². The Morgan fingerprint density at radius 2 is 1.81 bits per heavy atom. The van der Waals surface area contributed by atoms with E-state index in [1.54, 1.807) is 6.07 Å². The van der Waals surface area contributed by atoms with Gasteiger partial charge < -0.3 is 20.2 Å². The van der Waals surface area contributed by atoms with Crippen molar-refractivity contribution in [3.8, 4) is 0 Å². The Morgan fingerprint density at radius 3 is 2.37 bits per heavy atom. The maximum Gasteiger partial charge on any atom is 0.194 e. The average Bonchev–Trinajstić information content (AvgIpc) is 2.71. The summed E-state index contributed by atoms with van der Waals surface area (Å²) in [6.45, 7) is 11.3. The van der Waals surface area contributed by atoms with Gasteiger partial charge in [0.1, 0.15) is 5.82 Å². The smallest absolute Gasteiger partial charge is 0.194 e. The van der Waals surface area contributed by atoms with E-state index in [0.717, 1.165) is 64.5 Å². The summed E-state index contributed by atoms with van der Waals surface area (Å²) in [5.41, 5.74) is 0.739. The van der Waals surface area contributed by atoms with Crippen LogP contribution in [-0.4, -0.2) is 61.8 Å². The number of hydrogen-bond donors (Lipinski definition) is 2. The Labute approximate surface area is 163 Å². The lowest BCUT2D eigenvalue weighted by Gasteiger charge is -2.38. The highest BCUT2D eigenvalue weighted by atomic mass is 19.1. The third-order valence-corrected chi connectivity index (χ3v) is 5.81. The number of para-hydroxylation sites is 1. The second-order valence-electron chi connectivity index (χ2n) is 7.28. The summed E-state index contributed by atoms with van der Waals surface area (Å²) in [5.74, 6) is 0.765. The monoisotopic (exact) mass is 378 g/mol.